The average molecular weight is 304 g/mol. The summed E-state index contributed by atoms with van der Waals surface area (Å²) in [6.07, 6.45) is 5.51. The van der Waals surface area contributed by atoms with Gasteiger partial charge in [0.05, 0.1) is 25.9 Å². The van der Waals surface area contributed by atoms with Gasteiger partial charge in [-0.1, -0.05) is 0 Å². The van der Waals surface area contributed by atoms with Gasteiger partial charge in [0.25, 0.3) is 0 Å². The average Bonchev–Trinajstić information content (AvgIpc) is 2.50. The minimum atomic E-state index is 0.00872. The van der Waals surface area contributed by atoms with E-state index in [1.165, 1.54) is 6.42 Å². The molecule has 0 N–H and O–H groups in total. The van der Waals surface area contributed by atoms with E-state index in [4.69, 9.17) is 23.7 Å². The topological polar surface area (TPSA) is 46.2 Å². The fourth-order valence-corrected chi connectivity index (χ4v) is 2.16. The van der Waals surface area contributed by atoms with Crippen LogP contribution >= 0.6 is 0 Å². The van der Waals surface area contributed by atoms with Gasteiger partial charge in [-0.05, 0) is 46.0 Å². The van der Waals surface area contributed by atoms with E-state index in [0.29, 0.717) is 26.4 Å². The molecule has 0 aromatic carbocycles. The highest BCUT2D eigenvalue weighted by Gasteiger charge is 2.13. The second-order valence-electron chi connectivity index (χ2n) is 5.30. The van der Waals surface area contributed by atoms with Crippen molar-refractivity contribution < 1.29 is 23.7 Å². The van der Waals surface area contributed by atoms with Crippen LogP contribution in [-0.2, 0) is 23.7 Å². The SMILES string of the molecule is CCOC(C)CCOCCOCCCOC1CCCCO1. The van der Waals surface area contributed by atoms with Crippen molar-refractivity contribution in [1.82, 2.24) is 0 Å². The van der Waals surface area contributed by atoms with E-state index in [-0.39, 0.29) is 12.4 Å². The molecule has 1 aliphatic rings. The Morgan fingerprint density at radius 1 is 1.05 bits per heavy atom. The van der Waals surface area contributed by atoms with Gasteiger partial charge in [-0.25, -0.2) is 0 Å². The lowest BCUT2D eigenvalue weighted by atomic mass is 10.2. The van der Waals surface area contributed by atoms with Gasteiger partial charge in [0.1, 0.15) is 0 Å². The molecule has 0 aromatic heterocycles. The zero-order valence-corrected chi connectivity index (χ0v) is 13.7. The largest absolute Gasteiger partial charge is 0.379 e. The summed E-state index contributed by atoms with van der Waals surface area (Å²) < 4.78 is 27.5. The summed E-state index contributed by atoms with van der Waals surface area (Å²) in [5.41, 5.74) is 0. The minimum Gasteiger partial charge on any atom is -0.379 e. The number of ether oxygens (including phenoxy) is 5. The van der Waals surface area contributed by atoms with Crippen LogP contribution in [0.15, 0.2) is 0 Å². The van der Waals surface area contributed by atoms with E-state index in [9.17, 15) is 0 Å². The third kappa shape index (κ3) is 11.1. The Morgan fingerprint density at radius 2 is 1.86 bits per heavy atom. The van der Waals surface area contributed by atoms with Crippen molar-refractivity contribution in [3.63, 3.8) is 0 Å². The van der Waals surface area contributed by atoms with Gasteiger partial charge in [0, 0.05) is 26.4 Å². The summed E-state index contributed by atoms with van der Waals surface area (Å²) in [7, 11) is 0. The van der Waals surface area contributed by atoms with Crippen molar-refractivity contribution in [3.8, 4) is 0 Å². The van der Waals surface area contributed by atoms with E-state index < -0.39 is 0 Å². The standard InChI is InChI=1S/C16H32O5/c1-3-19-15(2)8-12-18-14-13-17-9-6-11-21-16-7-4-5-10-20-16/h15-16H,3-14H2,1-2H3. The molecule has 2 atom stereocenters. The third-order valence-corrected chi connectivity index (χ3v) is 3.37. The van der Waals surface area contributed by atoms with Gasteiger partial charge in [-0.3, -0.25) is 0 Å². The molecule has 5 heteroatoms. The van der Waals surface area contributed by atoms with Crippen LogP contribution in [0.4, 0.5) is 0 Å². The molecule has 0 spiro atoms. The van der Waals surface area contributed by atoms with Gasteiger partial charge >= 0.3 is 0 Å². The van der Waals surface area contributed by atoms with Crippen LogP contribution in [0.3, 0.4) is 0 Å². The van der Waals surface area contributed by atoms with Crippen LogP contribution in [-0.4, -0.2) is 58.6 Å². The van der Waals surface area contributed by atoms with Gasteiger partial charge in [0.2, 0.25) is 0 Å². The molecule has 0 bridgehead atoms. The Hall–Kier alpha value is -0.200. The lowest BCUT2D eigenvalue weighted by Crippen LogP contribution is -2.23. The first-order valence-electron chi connectivity index (χ1n) is 8.33. The molecule has 126 valence electrons. The highest BCUT2D eigenvalue weighted by molar-refractivity contribution is 4.54. The molecule has 1 aliphatic heterocycles. The summed E-state index contributed by atoms with van der Waals surface area (Å²) in [5, 5.41) is 0. The van der Waals surface area contributed by atoms with Crippen LogP contribution in [0.25, 0.3) is 0 Å². The van der Waals surface area contributed by atoms with Gasteiger partial charge in [0.15, 0.2) is 6.29 Å². The van der Waals surface area contributed by atoms with E-state index in [2.05, 4.69) is 6.92 Å². The second-order valence-corrected chi connectivity index (χ2v) is 5.30. The predicted octanol–water partition coefficient (Wildman–Crippen LogP) is 2.77. The molecule has 0 aliphatic carbocycles. The smallest absolute Gasteiger partial charge is 0.157 e. The predicted molar refractivity (Wildman–Crippen MR) is 81.5 cm³/mol. The molecule has 1 saturated heterocycles. The highest BCUT2D eigenvalue weighted by atomic mass is 16.7. The van der Waals surface area contributed by atoms with Gasteiger partial charge in [-0.2, -0.15) is 0 Å². The number of rotatable bonds is 13. The molecule has 21 heavy (non-hydrogen) atoms. The summed E-state index contributed by atoms with van der Waals surface area (Å²) in [5.74, 6) is 0. The Labute approximate surface area is 129 Å². The van der Waals surface area contributed by atoms with E-state index in [0.717, 1.165) is 45.5 Å². The van der Waals surface area contributed by atoms with Crippen LogP contribution in [0.5, 0.6) is 0 Å². The molecule has 2 unspecified atom stereocenters. The Bertz CT molecular complexity index is 219. The molecule has 0 aromatic rings. The van der Waals surface area contributed by atoms with E-state index in [1.807, 2.05) is 6.92 Å². The summed E-state index contributed by atoms with van der Waals surface area (Å²) in [6, 6.07) is 0. The van der Waals surface area contributed by atoms with Gasteiger partial charge < -0.3 is 23.7 Å². The van der Waals surface area contributed by atoms with Crippen LogP contribution in [0, 0.1) is 0 Å². The molecule has 1 rings (SSSR count). The van der Waals surface area contributed by atoms with Crippen molar-refractivity contribution in [2.24, 2.45) is 0 Å². The first-order chi connectivity index (χ1) is 10.3. The van der Waals surface area contributed by atoms with Crippen molar-refractivity contribution in [2.45, 2.75) is 58.3 Å². The molecule has 0 amide bonds. The third-order valence-electron chi connectivity index (χ3n) is 3.37. The Morgan fingerprint density at radius 3 is 2.57 bits per heavy atom. The maximum absolute atomic E-state index is 5.63. The normalized spacial score (nSPS) is 20.6. The van der Waals surface area contributed by atoms with Crippen LogP contribution in [0.2, 0.25) is 0 Å². The van der Waals surface area contributed by atoms with E-state index >= 15 is 0 Å². The fraction of sp³-hybridized carbons (Fsp3) is 1.00. The molecule has 1 heterocycles. The lowest BCUT2D eigenvalue weighted by molar-refractivity contribution is -0.164. The minimum absolute atomic E-state index is 0.00872. The zero-order chi connectivity index (χ0) is 15.2. The van der Waals surface area contributed by atoms with Crippen LogP contribution < -0.4 is 0 Å². The molecule has 5 nitrogen and oxygen atoms in total. The molecule has 0 saturated carbocycles. The van der Waals surface area contributed by atoms with Crippen molar-refractivity contribution in [2.75, 3.05) is 46.2 Å². The zero-order valence-electron chi connectivity index (χ0n) is 13.7. The molecular formula is C16H32O5. The number of hydrogen-bond donors (Lipinski definition) is 0. The molecule has 1 fully saturated rings. The summed E-state index contributed by atoms with van der Waals surface area (Å²) in [6.45, 7) is 9.11. The second kappa shape index (κ2) is 13.5. The summed E-state index contributed by atoms with van der Waals surface area (Å²) in [4.78, 5) is 0. The Kier molecular flexibility index (Phi) is 12.1. The first-order valence-corrected chi connectivity index (χ1v) is 8.33. The quantitative estimate of drug-likeness (QED) is 0.490. The van der Waals surface area contributed by atoms with Crippen molar-refractivity contribution >= 4 is 0 Å². The monoisotopic (exact) mass is 304 g/mol. The Balaban J connectivity index is 1.74. The fourth-order valence-electron chi connectivity index (χ4n) is 2.16. The van der Waals surface area contributed by atoms with E-state index in [1.54, 1.807) is 0 Å². The van der Waals surface area contributed by atoms with Crippen molar-refractivity contribution in [3.05, 3.63) is 0 Å². The van der Waals surface area contributed by atoms with Crippen molar-refractivity contribution in [1.29, 1.82) is 0 Å². The molecule has 0 radical (unpaired) electrons. The summed E-state index contributed by atoms with van der Waals surface area (Å²) >= 11 is 0. The maximum atomic E-state index is 5.63. The van der Waals surface area contributed by atoms with Crippen LogP contribution in [0.1, 0.15) is 46.0 Å². The molecular weight excluding hydrogens is 272 g/mol. The highest BCUT2D eigenvalue weighted by Crippen LogP contribution is 2.13. The first kappa shape index (κ1) is 18.8. The number of hydrogen-bond acceptors (Lipinski definition) is 5. The lowest BCUT2D eigenvalue weighted by Gasteiger charge is -2.22. The maximum Gasteiger partial charge on any atom is 0.157 e. The van der Waals surface area contributed by atoms with Gasteiger partial charge in [-0.15, -0.1) is 0 Å².